The minimum Gasteiger partial charge on any atom is -0.392 e. The van der Waals surface area contributed by atoms with Gasteiger partial charge in [-0.25, -0.2) is 0 Å². The van der Waals surface area contributed by atoms with E-state index < -0.39 is 0 Å². The zero-order chi connectivity index (χ0) is 11.4. The molecule has 2 rings (SSSR count). The van der Waals surface area contributed by atoms with E-state index in [1.807, 2.05) is 0 Å². The lowest BCUT2D eigenvalue weighted by Crippen LogP contribution is -2.27. The van der Waals surface area contributed by atoms with Crippen molar-refractivity contribution in [3.8, 4) is 0 Å². The Balaban J connectivity index is 2.24. The molecule has 1 fully saturated rings. The summed E-state index contributed by atoms with van der Waals surface area (Å²) in [5.41, 5.74) is 3.95. The number of piperidine rings is 1. The third-order valence-corrected chi connectivity index (χ3v) is 3.55. The highest BCUT2D eigenvalue weighted by atomic mass is 16.3. The molecule has 0 aromatic heterocycles. The van der Waals surface area contributed by atoms with Crippen molar-refractivity contribution >= 4 is 0 Å². The Bertz CT molecular complexity index is 343. The fourth-order valence-electron chi connectivity index (χ4n) is 2.59. The highest BCUT2D eigenvalue weighted by Crippen LogP contribution is 2.29. The molecule has 2 N–H and O–H groups in total. The van der Waals surface area contributed by atoms with Gasteiger partial charge in [-0.2, -0.15) is 0 Å². The van der Waals surface area contributed by atoms with Gasteiger partial charge in [-0.3, -0.25) is 0 Å². The Labute approximate surface area is 97.7 Å². The van der Waals surface area contributed by atoms with Crippen molar-refractivity contribution in [2.75, 3.05) is 13.1 Å². The molecule has 0 atom stereocenters. The number of nitrogens with one attached hydrogen (secondary N) is 1. The van der Waals surface area contributed by atoms with Crippen LogP contribution in [0.5, 0.6) is 0 Å². The topological polar surface area (TPSA) is 32.3 Å². The van der Waals surface area contributed by atoms with Gasteiger partial charge in [0.2, 0.25) is 0 Å². The first-order chi connectivity index (χ1) is 7.85. The van der Waals surface area contributed by atoms with Crippen molar-refractivity contribution in [1.82, 2.24) is 5.32 Å². The largest absolute Gasteiger partial charge is 0.392 e. The van der Waals surface area contributed by atoms with E-state index in [-0.39, 0.29) is 6.61 Å². The van der Waals surface area contributed by atoms with Gasteiger partial charge in [-0.05, 0) is 55.0 Å². The minimum absolute atomic E-state index is 0.152. The number of aliphatic hydroxyl groups excluding tert-OH is 1. The molecular weight excluding hydrogens is 198 g/mol. The summed E-state index contributed by atoms with van der Waals surface area (Å²) in [7, 11) is 0. The fourth-order valence-corrected chi connectivity index (χ4v) is 2.59. The lowest BCUT2D eigenvalue weighted by Gasteiger charge is -2.25. The van der Waals surface area contributed by atoms with Crippen LogP contribution in [-0.4, -0.2) is 18.2 Å². The number of hydrogen-bond acceptors (Lipinski definition) is 2. The zero-order valence-corrected chi connectivity index (χ0v) is 10.00. The van der Waals surface area contributed by atoms with E-state index in [2.05, 4.69) is 30.4 Å². The second-order valence-electron chi connectivity index (χ2n) is 4.57. The first kappa shape index (κ1) is 11.6. The molecule has 0 amide bonds. The van der Waals surface area contributed by atoms with Gasteiger partial charge < -0.3 is 10.4 Å². The Morgan fingerprint density at radius 1 is 1.31 bits per heavy atom. The first-order valence-corrected chi connectivity index (χ1v) is 6.28. The highest BCUT2D eigenvalue weighted by molar-refractivity contribution is 5.34. The van der Waals surface area contributed by atoms with E-state index in [1.54, 1.807) is 0 Å². The average molecular weight is 219 g/mol. The third kappa shape index (κ3) is 2.45. The van der Waals surface area contributed by atoms with Crippen molar-refractivity contribution in [2.24, 2.45) is 0 Å². The third-order valence-electron chi connectivity index (χ3n) is 3.55. The number of aliphatic hydroxyl groups is 1. The van der Waals surface area contributed by atoms with Gasteiger partial charge in [-0.15, -0.1) is 0 Å². The van der Waals surface area contributed by atoms with Crippen LogP contribution in [0.3, 0.4) is 0 Å². The molecule has 1 heterocycles. The van der Waals surface area contributed by atoms with Gasteiger partial charge in [-0.1, -0.05) is 25.1 Å². The van der Waals surface area contributed by atoms with E-state index in [4.69, 9.17) is 5.11 Å². The molecule has 0 unspecified atom stereocenters. The van der Waals surface area contributed by atoms with Gasteiger partial charge in [0.1, 0.15) is 0 Å². The Morgan fingerprint density at radius 2 is 2.06 bits per heavy atom. The van der Waals surface area contributed by atoms with E-state index in [0.29, 0.717) is 5.92 Å². The normalized spacial score (nSPS) is 17.6. The smallest absolute Gasteiger partial charge is 0.0681 e. The number of rotatable bonds is 3. The molecule has 1 aliphatic rings. The van der Waals surface area contributed by atoms with Gasteiger partial charge in [0.15, 0.2) is 0 Å². The molecule has 16 heavy (non-hydrogen) atoms. The predicted octanol–water partition coefficient (Wildman–Crippen LogP) is 2.21. The van der Waals surface area contributed by atoms with Crippen LogP contribution in [0.4, 0.5) is 0 Å². The molecule has 1 saturated heterocycles. The van der Waals surface area contributed by atoms with Gasteiger partial charge in [0.25, 0.3) is 0 Å². The first-order valence-electron chi connectivity index (χ1n) is 6.28. The maximum atomic E-state index is 9.15. The summed E-state index contributed by atoms with van der Waals surface area (Å²) in [6.45, 7) is 4.62. The van der Waals surface area contributed by atoms with Crippen LogP contribution in [0.1, 0.15) is 42.4 Å². The van der Waals surface area contributed by atoms with Crippen LogP contribution in [0, 0.1) is 0 Å². The summed E-state index contributed by atoms with van der Waals surface area (Å²) in [6, 6.07) is 6.45. The summed E-state index contributed by atoms with van der Waals surface area (Å²) in [5.74, 6) is 0.712. The van der Waals surface area contributed by atoms with E-state index in [1.165, 1.54) is 24.0 Å². The molecule has 2 heteroatoms. The van der Waals surface area contributed by atoms with Crippen LogP contribution in [0.2, 0.25) is 0 Å². The molecule has 0 aliphatic carbocycles. The Morgan fingerprint density at radius 3 is 2.69 bits per heavy atom. The summed E-state index contributed by atoms with van der Waals surface area (Å²) in [4.78, 5) is 0. The van der Waals surface area contributed by atoms with Gasteiger partial charge >= 0.3 is 0 Å². The minimum atomic E-state index is 0.152. The van der Waals surface area contributed by atoms with E-state index >= 15 is 0 Å². The van der Waals surface area contributed by atoms with Gasteiger partial charge in [0.05, 0.1) is 6.61 Å². The standard InChI is InChI=1S/C14H21NO/c1-2-12-9-11(10-16)3-4-14(12)13-5-7-15-8-6-13/h3-4,9,13,15-16H,2,5-8,10H2,1H3. The van der Waals surface area contributed by atoms with Crippen molar-refractivity contribution in [1.29, 1.82) is 0 Å². The van der Waals surface area contributed by atoms with Crippen molar-refractivity contribution in [2.45, 2.75) is 38.7 Å². The van der Waals surface area contributed by atoms with Crippen LogP contribution in [0.15, 0.2) is 18.2 Å². The summed E-state index contributed by atoms with van der Waals surface area (Å²) >= 11 is 0. The van der Waals surface area contributed by atoms with E-state index in [0.717, 1.165) is 25.1 Å². The molecule has 1 aromatic rings. The zero-order valence-electron chi connectivity index (χ0n) is 10.00. The predicted molar refractivity (Wildman–Crippen MR) is 66.6 cm³/mol. The molecule has 1 aliphatic heterocycles. The number of hydrogen-bond donors (Lipinski definition) is 2. The Kier molecular flexibility index (Phi) is 3.97. The summed E-state index contributed by atoms with van der Waals surface area (Å²) < 4.78 is 0. The molecule has 0 bridgehead atoms. The summed E-state index contributed by atoms with van der Waals surface area (Å²) in [6.07, 6.45) is 3.55. The maximum absolute atomic E-state index is 9.15. The molecule has 2 nitrogen and oxygen atoms in total. The van der Waals surface area contributed by atoms with Gasteiger partial charge in [0, 0.05) is 0 Å². The molecule has 0 spiro atoms. The second kappa shape index (κ2) is 5.46. The average Bonchev–Trinajstić information content (AvgIpc) is 2.39. The number of aryl methyl sites for hydroxylation is 1. The van der Waals surface area contributed by atoms with Crippen molar-refractivity contribution in [3.05, 3.63) is 34.9 Å². The molecule has 0 radical (unpaired) electrons. The SMILES string of the molecule is CCc1cc(CO)ccc1C1CCNCC1. The second-order valence-corrected chi connectivity index (χ2v) is 4.57. The van der Waals surface area contributed by atoms with Crippen LogP contribution in [0.25, 0.3) is 0 Å². The molecule has 1 aromatic carbocycles. The number of benzene rings is 1. The molecule has 88 valence electrons. The van der Waals surface area contributed by atoms with Crippen molar-refractivity contribution in [3.63, 3.8) is 0 Å². The summed E-state index contributed by atoms with van der Waals surface area (Å²) in [5, 5.41) is 12.6. The maximum Gasteiger partial charge on any atom is 0.0681 e. The lowest BCUT2D eigenvalue weighted by atomic mass is 9.85. The molecule has 0 saturated carbocycles. The highest BCUT2D eigenvalue weighted by Gasteiger charge is 2.17. The van der Waals surface area contributed by atoms with E-state index in [9.17, 15) is 0 Å². The van der Waals surface area contributed by atoms with Crippen LogP contribution >= 0.6 is 0 Å². The monoisotopic (exact) mass is 219 g/mol. The Hall–Kier alpha value is -0.860. The quantitative estimate of drug-likeness (QED) is 0.817. The van der Waals surface area contributed by atoms with Crippen molar-refractivity contribution < 1.29 is 5.11 Å². The van der Waals surface area contributed by atoms with Crippen LogP contribution < -0.4 is 5.32 Å². The molecular formula is C14H21NO. The lowest BCUT2D eigenvalue weighted by molar-refractivity contribution is 0.281. The fraction of sp³-hybridized carbons (Fsp3) is 0.571. The van der Waals surface area contributed by atoms with Crippen LogP contribution in [-0.2, 0) is 13.0 Å².